The highest BCUT2D eigenvalue weighted by atomic mass is 16.4. The maximum Gasteiger partial charge on any atom is 0.354 e. The molecule has 5 heteroatoms. The Balaban J connectivity index is 1.95. The molecule has 0 atom stereocenters. The number of carbonyl (C=O) groups excluding carboxylic acids is 1. The van der Waals surface area contributed by atoms with E-state index in [4.69, 9.17) is 5.11 Å². The Morgan fingerprint density at radius 1 is 1.50 bits per heavy atom. The van der Waals surface area contributed by atoms with Gasteiger partial charge >= 0.3 is 5.97 Å². The molecule has 0 unspecified atom stereocenters. The first-order valence-electron chi connectivity index (χ1n) is 5.13. The van der Waals surface area contributed by atoms with E-state index >= 15 is 0 Å². The molecule has 0 aromatic carbocycles. The van der Waals surface area contributed by atoms with Crippen molar-refractivity contribution in [3.8, 4) is 0 Å². The second-order valence-corrected chi connectivity index (χ2v) is 3.85. The molecule has 0 saturated heterocycles. The normalized spacial score (nSPS) is 14.5. The number of nitrogens with zero attached hydrogens (tertiary/aromatic N) is 1. The van der Waals surface area contributed by atoms with Gasteiger partial charge in [-0.1, -0.05) is 0 Å². The van der Waals surface area contributed by atoms with E-state index < -0.39 is 5.97 Å². The van der Waals surface area contributed by atoms with Crippen LogP contribution >= 0.6 is 0 Å². The lowest BCUT2D eigenvalue weighted by Gasteiger charge is -2.04. The fraction of sp³-hybridized carbons (Fsp3) is 0.364. The number of carboxylic acid groups (broad SMARTS) is 1. The van der Waals surface area contributed by atoms with E-state index in [-0.39, 0.29) is 17.5 Å². The molecular weight excluding hydrogens is 208 g/mol. The minimum atomic E-state index is -1.06. The van der Waals surface area contributed by atoms with E-state index in [9.17, 15) is 9.59 Å². The van der Waals surface area contributed by atoms with Crippen LogP contribution in [0.25, 0.3) is 0 Å². The van der Waals surface area contributed by atoms with Crippen molar-refractivity contribution < 1.29 is 14.7 Å². The van der Waals surface area contributed by atoms with Crippen LogP contribution in [0.1, 0.15) is 28.9 Å². The molecule has 84 valence electrons. The molecule has 2 N–H and O–H groups in total. The summed E-state index contributed by atoms with van der Waals surface area (Å²) < 4.78 is 0. The minimum Gasteiger partial charge on any atom is -0.477 e. The van der Waals surface area contributed by atoms with E-state index in [0.717, 1.165) is 18.4 Å². The number of amides is 1. The van der Waals surface area contributed by atoms with Crippen LogP contribution in [0.5, 0.6) is 0 Å². The number of hydrogen-bond acceptors (Lipinski definition) is 3. The van der Waals surface area contributed by atoms with Crippen molar-refractivity contribution in [1.82, 2.24) is 10.3 Å². The molecule has 1 saturated carbocycles. The van der Waals surface area contributed by atoms with E-state index in [1.165, 1.54) is 12.3 Å². The van der Waals surface area contributed by atoms with Crippen LogP contribution in [0.2, 0.25) is 0 Å². The van der Waals surface area contributed by atoms with Gasteiger partial charge in [0.25, 0.3) is 0 Å². The van der Waals surface area contributed by atoms with Crippen molar-refractivity contribution in [2.24, 2.45) is 5.92 Å². The van der Waals surface area contributed by atoms with Crippen LogP contribution in [0.3, 0.4) is 0 Å². The van der Waals surface area contributed by atoms with Crippen molar-refractivity contribution in [2.45, 2.75) is 19.4 Å². The highest BCUT2D eigenvalue weighted by Crippen LogP contribution is 2.28. The number of carbonyl (C=O) groups is 2. The van der Waals surface area contributed by atoms with Crippen LogP contribution in [0, 0.1) is 5.92 Å². The van der Waals surface area contributed by atoms with Crippen LogP contribution in [0.15, 0.2) is 18.3 Å². The van der Waals surface area contributed by atoms with Crippen molar-refractivity contribution >= 4 is 11.9 Å². The van der Waals surface area contributed by atoms with Crippen LogP contribution in [0.4, 0.5) is 0 Å². The summed E-state index contributed by atoms with van der Waals surface area (Å²) >= 11 is 0. The summed E-state index contributed by atoms with van der Waals surface area (Å²) in [5.41, 5.74) is 0.750. The smallest absolute Gasteiger partial charge is 0.354 e. The van der Waals surface area contributed by atoms with Crippen molar-refractivity contribution in [1.29, 1.82) is 0 Å². The fourth-order valence-electron chi connectivity index (χ4n) is 1.38. The first kappa shape index (κ1) is 10.6. The second kappa shape index (κ2) is 4.30. The number of pyridine rings is 1. The Morgan fingerprint density at radius 2 is 2.25 bits per heavy atom. The molecule has 0 bridgehead atoms. The first-order valence-corrected chi connectivity index (χ1v) is 5.13. The Kier molecular flexibility index (Phi) is 2.85. The molecule has 1 aromatic rings. The van der Waals surface area contributed by atoms with Crippen LogP contribution < -0.4 is 5.32 Å². The van der Waals surface area contributed by atoms with Crippen molar-refractivity contribution in [2.75, 3.05) is 0 Å². The standard InChI is InChI=1S/C11H12N2O3/c14-10(8-1-2-8)13-6-7-3-4-12-9(5-7)11(15)16/h3-5,8H,1-2,6H2,(H,13,14)(H,15,16). The molecule has 1 fully saturated rings. The van der Waals surface area contributed by atoms with Gasteiger partial charge in [0.2, 0.25) is 5.91 Å². The van der Waals surface area contributed by atoms with Gasteiger partial charge in [0.15, 0.2) is 0 Å². The topological polar surface area (TPSA) is 79.3 Å². The van der Waals surface area contributed by atoms with Gasteiger partial charge in [0.05, 0.1) is 0 Å². The third-order valence-electron chi connectivity index (χ3n) is 2.46. The summed E-state index contributed by atoms with van der Waals surface area (Å²) in [6.07, 6.45) is 3.35. The number of rotatable bonds is 4. The number of aromatic nitrogens is 1. The molecule has 2 rings (SSSR count). The quantitative estimate of drug-likeness (QED) is 0.786. The molecule has 0 aliphatic heterocycles. The van der Waals surface area contributed by atoms with E-state index in [1.54, 1.807) is 6.07 Å². The maximum atomic E-state index is 11.4. The number of hydrogen-bond donors (Lipinski definition) is 2. The van der Waals surface area contributed by atoms with Gasteiger partial charge in [-0.15, -0.1) is 0 Å². The average molecular weight is 220 g/mol. The third kappa shape index (κ3) is 2.56. The summed E-state index contributed by atoms with van der Waals surface area (Å²) in [6, 6.07) is 3.16. The predicted molar refractivity (Wildman–Crippen MR) is 55.8 cm³/mol. The second-order valence-electron chi connectivity index (χ2n) is 3.85. The summed E-state index contributed by atoms with van der Waals surface area (Å²) in [7, 11) is 0. The molecule has 1 aromatic heterocycles. The molecule has 0 radical (unpaired) electrons. The van der Waals surface area contributed by atoms with E-state index in [1.807, 2.05) is 0 Å². The third-order valence-corrected chi connectivity index (χ3v) is 2.46. The van der Waals surface area contributed by atoms with Gasteiger partial charge in [-0.2, -0.15) is 0 Å². The van der Waals surface area contributed by atoms with Crippen molar-refractivity contribution in [3.63, 3.8) is 0 Å². The molecular formula is C11H12N2O3. The SMILES string of the molecule is O=C(O)c1cc(CNC(=O)C2CC2)ccn1. The molecule has 1 heterocycles. The summed E-state index contributed by atoms with van der Waals surface area (Å²) in [6.45, 7) is 0.359. The van der Waals surface area contributed by atoms with Gasteiger partial charge in [-0.25, -0.2) is 9.78 Å². The molecule has 1 aliphatic carbocycles. The zero-order valence-corrected chi connectivity index (χ0v) is 8.64. The van der Waals surface area contributed by atoms with Gasteiger partial charge in [-0.05, 0) is 30.5 Å². The average Bonchev–Trinajstić information content (AvgIpc) is 3.10. The van der Waals surface area contributed by atoms with Gasteiger partial charge in [0.1, 0.15) is 5.69 Å². The molecule has 5 nitrogen and oxygen atoms in total. The lowest BCUT2D eigenvalue weighted by atomic mass is 10.2. The highest BCUT2D eigenvalue weighted by molar-refractivity contribution is 5.85. The Hall–Kier alpha value is -1.91. The van der Waals surface area contributed by atoms with Gasteiger partial charge in [-0.3, -0.25) is 4.79 Å². The zero-order chi connectivity index (χ0) is 11.5. The summed E-state index contributed by atoms with van der Waals surface area (Å²) in [5, 5.41) is 11.5. The Morgan fingerprint density at radius 3 is 2.88 bits per heavy atom. The van der Waals surface area contributed by atoms with Crippen LogP contribution in [-0.2, 0) is 11.3 Å². The Labute approximate surface area is 92.5 Å². The van der Waals surface area contributed by atoms with Crippen molar-refractivity contribution in [3.05, 3.63) is 29.6 Å². The predicted octanol–water partition coefficient (Wildman–Crippen LogP) is 0.806. The van der Waals surface area contributed by atoms with E-state index in [0.29, 0.717) is 6.54 Å². The monoisotopic (exact) mass is 220 g/mol. The summed E-state index contributed by atoms with van der Waals surface area (Å²) in [5.74, 6) is -0.843. The Bertz CT molecular complexity index is 427. The number of nitrogens with one attached hydrogen (secondary N) is 1. The van der Waals surface area contributed by atoms with Crippen LogP contribution in [-0.4, -0.2) is 22.0 Å². The fourth-order valence-corrected chi connectivity index (χ4v) is 1.38. The number of carboxylic acids is 1. The summed E-state index contributed by atoms with van der Waals surface area (Å²) in [4.78, 5) is 25.7. The molecule has 0 spiro atoms. The maximum absolute atomic E-state index is 11.4. The first-order chi connectivity index (χ1) is 7.66. The van der Waals surface area contributed by atoms with Gasteiger partial charge < -0.3 is 10.4 Å². The highest BCUT2D eigenvalue weighted by Gasteiger charge is 2.29. The zero-order valence-electron chi connectivity index (χ0n) is 8.64. The largest absolute Gasteiger partial charge is 0.477 e. The van der Waals surface area contributed by atoms with E-state index in [2.05, 4.69) is 10.3 Å². The molecule has 1 amide bonds. The lowest BCUT2D eigenvalue weighted by Crippen LogP contribution is -2.24. The lowest BCUT2D eigenvalue weighted by molar-refractivity contribution is -0.122. The number of aromatic carboxylic acids is 1. The van der Waals surface area contributed by atoms with Gasteiger partial charge in [0, 0.05) is 18.7 Å². The molecule has 1 aliphatic rings. The minimum absolute atomic E-state index is 0.00169. The molecule has 16 heavy (non-hydrogen) atoms.